The molecule has 1 aliphatic heterocycles. The van der Waals surface area contributed by atoms with Gasteiger partial charge in [-0.05, 0) is 0 Å². The summed E-state index contributed by atoms with van der Waals surface area (Å²) >= 11 is 40.8. The Bertz CT molecular complexity index is 1710. The Balaban J connectivity index is 1.43. The minimum atomic E-state index is -4.77. The molecule has 2 aromatic carbocycles. The Kier molecular flexibility index (Phi) is 7.89. The van der Waals surface area contributed by atoms with Crippen molar-refractivity contribution in [3.63, 3.8) is 0 Å². The second-order valence-corrected chi connectivity index (χ2v) is 31.6. The van der Waals surface area contributed by atoms with E-state index in [0.717, 1.165) is 8.88 Å². The van der Waals surface area contributed by atoms with Crippen LogP contribution in [0.15, 0.2) is 95.2 Å². The number of sulfonamides is 2. The third kappa shape index (κ3) is 5.75. The second-order valence-electron chi connectivity index (χ2n) is 8.39. The Morgan fingerprint density at radius 2 is 0.810 bits per heavy atom. The molecule has 42 heavy (non-hydrogen) atoms. The minimum absolute atomic E-state index is 0.123. The predicted octanol–water partition coefficient (Wildman–Crippen LogP) is 7.88. The van der Waals surface area contributed by atoms with Crippen molar-refractivity contribution in [3.8, 4) is 0 Å². The van der Waals surface area contributed by atoms with Gasteiger partial charge in [0.15, 0.2) is 0 Å². The van der Waals surface area contributed by atoms with Crippen molar-refractivity contribution in [2.45, 2.75) is 9.79 Å². The van der Waals surface area contributed by atoms with E-state index in [0.29, 0.717) is 0 Å². The normalized spacial score (nSPS) is 20.5. The molecule has 12 nitrogen and oxygen atoms in total. The van der Waals surface area contributed by atoms with E-state index >= 15 is 0 Å². The SMILES string of the molecule is O=S(=O)(Nc1ncccn1)c1ccc(N2P(Cl)(Cl)(Cl)N(c3ccc(S(=O)(=O)Nc4ncccn4)cc3)P2(Cl)(Cl)Cl)cc1. The van der Waals surface area contributed by atoms with Gasteiger partial charge >= 0.3 is 271 Å². The number of hydrogen-bond acceptors (Lipinski definition) is 10. The van der Waals surface area contributed by atoms with Gasteiger partial charge in [0.05, 0.1) is 0 Å². The summed E-state index contributed by atoms with van der Waals surface area (Å²) in [6.07, 6.45) is 5.51. The van der Waals surface area contributed by atoms with E-state index in [1.54, 1.807) is 0 Å². The summed E-state index contributed by atoms with van der Waals surface area (Å²) in [5.74, 6) is -0.246. The van der Waals surface area contributed by atoms with Gasteiger partial charge in [0.25, 0.3) is 0 Å². The molecule has 0 spiro atoms. The third-order valence-corrected chi connectivity index (χ3v) is 25.0. The monoisotopic (exact) mass is 768 g/mol. The molecule has 0 atom stereocenters. The number of anilines is 4. The van der Waals surface area contributed by atoms with E-state index in [1.165, 1.54) is 85.5 Å². The average molecular weight is 771 g/mol. The van der Waals surface area contributed by atoms with E-state index in [9.17, 15) is 16.8 Å². The fraction of sp³-hybridized carbons (Fsp3) is 0. The molecule has 1 saturated heterocycles. The Morgan fingerprint density at radius 3 is 1.10 bits per heavy atom. The number of rotatable bonds is 8. The molecular weight excluding hydrogens is 755 g/mol. The number of benzene rings is 2. The quantitative estimate of drug-likeness (QED) is 0.169. The first-order chi connectivity index (χ1) is 19.4. The van der Waals surface area contributed by atoms with Crippen molar-refractivity contribution < 1.29 is 16.8 Å². The maximum absolute atomic E-state index is 12.8. The van der Waals surface area contributed by atoms with Crippen LogP contribution >= 0.6 is 77.4 Å². The molecule has 1 aliphatic rings. The number of nitrogens with zero attached hydrogens (tertiary/aromatic N) is 6. The van der Waals surface area contributed by atoms with Crippen LogP contribution in [0.1, 0.15) is 0 Å². The molecule has 0 amide bonds. The van der Waals surface area contributed by atoms with E-state index < -0.39 is 30.0 Å². The number of nitrogens with one attached hydrogen (secondary N) is 2. The summed E-state index contributed by atoms with van der Waals surface area (Å²) in [5, 5.41) is 0. The molecular formula is C20H16Cl6N8O4P2S2. The van der Waals surface area contributed by atoms with E-state index in [-0.39, 0.29) is 33.1 Å². The zero-order valence-corrected chi connectivity index (χ0v) is 28.3. The molecule has 0 unspecified atom stereocenters. The van der Waals surface area contributed by atoms with Gasteiger partial charge in [0.1, 0.15) is 0 Å². The standard InChI is InChI=1S/C20H16Cl6N8O4P2S2/c21-39(22,23)33(15-3-7-17(8-4-15)41(35,36)31-19-27-11-1-12-28-19)40(24,25,26)34(39)16-5-9-18(10-6-16)42(37,38)32-20-29-13-2-14-30-20/h1-14H,(H,27,28,31)(H,29,30,32). The predicted molar refractivity (Wildman–Crippen MR) is 172 cm³/mol. The first-order valence-electron chi connectivity index (χ1n) is 11.1. The molecule has 2 N–H and O–H groups in total. The summed E-state index contributed by atoms with van der Waals surface area (Å²) in [4.78, 5) is 5.50. The van der Waals surface area contributed by atoms with Crippen molar-refractivity contribution in [1.82, 2.24) is 19.9 Å². The van der Waals surface area contributed by atoms with E-state index in [2.05, 4.69) is 29.4 Å². The zero-order valence-electron chi connectivity index (χ0n) is 20.4. The van der Waals surface area contributed by atoms with Gasteiger partial charge in [-0.2, -0.15) is 0 Å². The number of halogens is 6. The molecule has 4 aromatic rings. The summed E-state index contributed by atoms with van der Waals surface area (Å²) in [6.45, 7) is 0. The van der Waals surface area contributed by atoms with Crippen LogP contribution in [0.3, 0.4) is 0 Å². The zero-order chi connectivity index (χ0) is 30.7. The fourth-order valence-corrected chi connectivity index (χ4v) is 35.1. The maximum atomic E-state index is 12.8. The van der Waals surface area contributed by atoms with Gasteiger partial charge in [-0.1, -0.05) is 0 Å². The molecule has 224 valence electrons. The summed E-state index contributed by atoms with van der Waals surface area (Å²) in [6, 6.07) is 13.3. The Labute approximate surface area is 269 Å². The second kappa shape index (κ2) is 10.4. The summed E-state index contributed by atoms with van der Waals surface area (Å²) in [7, 11) is -8.13. The van der Waals surface area contributed by atoms with Crippen LogP contribution in [0.5, 0.6) is 0 Å². The van der Waals surface area contributed by atoms with Gasteiger partial charge in [0.2, 0.25) is 0 Å². The first kappa shape index (κ1) is 31.7. The van der Waals surface area contributed by atoms with Gasteiger partial charge in [-0.3, -0.25) is 0 Å². The number of hydrogen-bond donors (Lipinski definition) is 2. The van der Waals surface area contributed by atoms with E-state index in [4.69, 9.17) is 67.4 Å². The van der Waals surface area contributed by atoms with Crippen LogP contribution < -0.4 is 18.3 Å². The van der Waals surface area contributed by atoms with Crippen molar-refractivity contribution >= 4 is 121 Å². The van der Waals surface area contributed by atoms with Crippen LogP contribution in [0.4, 0.5) is 23.3 Å². The molecule has 22 heteroatoms. The molecule has 1 fully saturated rings. The van der Waals surface area contributed by atoms with Crippen molar-refractivity contribution in [2.24, 2.45) is 0 Å². The van der Waals surface area contributed by atoms with Crippen molar-refractivity contribution in [1.29, 1.82) is 0 Å². The van der Waals surface area contributed by atoms with Crippen LogP contribution in [-0.2, 0) is 20.0 Å². The summed E-state index contributed by atoms with van der Waals surface area (Å²) in [5.41, 5.74) is 0.255. The molecule has 2 aromatic heterocycles. The van der Waals surface area contributed by atoms with Gasteiger partial charge in [-0.15, -0.1) is 0 Å². The first-order valence-corrected chi connectivity index (χ1v) is 23.8. The van der Waals surface area contributed by atoms with Crippen molar-refractivity contribution in [2.75, 3.05) is 18.3 Å². The third-order valence-electron chi connectivity index (χ3n) is 5.54. The molecule has 0 bridgehead atoms. The van der Waals surface area contributed by atoms with Crippen molar-refractivity contribution in [3.05, 3.63) is 85.5 Å². The van der Waals surface area contributed by atoms with Crippen LogP contribution in [0.2, 0.25) is 0 Å². The van der Waals surface area contributed by atoms with Crippen LogP contribution in [-0.4, -0.2) is 36.8 Å². The molecule has 0 saturated carbocycles. The molecule has 3 heterocycles. The Morgan fingerprint density at radius 1 is 0.524 bits per heavy atom. The average Bonchev–Trinajstić information content (AvgIpc) is 2.88. The van der Waals surface area contributed by atoms with Gasteiger partial charge in [-0.25, -0.2) is 0 Å². The fourth-order valence-electron chi connectivity index (χ4n) is 3.89. The molecule has 5 rings (SSSR count). The van der Waals surface area contributed by atoms with E-state index in [1.807, 2.05) is 0 Å². The topological polar surface area (TPSA) is 150 Å². The van der Waals surface area contributed by atoms with Gasteiger partial charge < -0.3 is 0 Å². The van der Waals surface area contributed by atoms with Gasteiger partial charge in [0, 0.05) is 0 Å². The van der Waals surface area contributed by atoms with Crippen LogP contribution in [0.25, 0.3) is 0 Å². The molecule has 0 aliphatic carbocycles. The number of aromatic nitrogens is 4. The molecule has 0 radical (unpaired) electrons. The Hall–Kier alpha value is -1.70. The van der Waals surface area contributed by atoms with Crippen LogP contribution in [0, 0.1) is 0 Å². The summed E-state index contributed by atoms with van der Waals surface area (Å²) < 4.78 is 57.7.